The Kier molecular flexibility index (Phi) is 3.48. The van der Waals surface area contributed by atoms with Crippen LogP contribution in [0.5, 0.6) is 0 Å². The van der Waals surface area contributed by atoms with E-state index in [1.807, 2.05) is 42.5 Å². The van der Waals surface area contributed by atoms with Gasteiger partial charge in [0.15, 0.2) is 0 Å². The van der Waals surface area contributed by atoms with Crippen LogP contribution in [0.2, 0.25) is 0 Å². The second kappa shape index (κ2) is 4.67. The summed E-state index contributed by atoms with van der Waals surface area (Å²) in [4.78, 5) is 0.530. The summed E-state index contributed by atoms with van der Waals surface area (Å²) in [6, 6.07) is 10.1. The van der Waals surface area contributed by atoms with Gasteiger partial charge in [0, 0.05) is 6.42 Å². The molecule has 1 rings (SSSR count). The molecule has 0 saturated heterocycles. The average Bonchev–Trinajstić information content (AvgIpc) is 2.05. The monoisotopic (exact) mass is 177 g/mol. The van der Waals surface area contributed by atoms with Gasteiger partial charge in [0.1, 0.15) is 0 Å². The summed E-state index contributed by atoms with van der Waals surface area (Å²) in [5.41, 5.74) is 6.51. The van der Waals surface area contributed by atoms with E-state index in [1.165, 1.54) is 5.56 Å². The molecule has 0 unspecified atom stereocenters. The number of thiocarbonyl (C=S) groups is 1. The van der Waals surface area contributed by atoms with Crippen molar-refractivity contribution in [3.8, 4) is 0 Å². The first kappa shape index (κ1) is 8.94. The van der Waals surface area contributed by atoms with Gasteiger partial charge in [-0.3, -0.25) is 0 Å². The van der Waals surface area contributed by atoms with E-state index in [-0.39, 0.29) is 0 Å². The van der Waals surface area contributed by atoms with Crippen LogP contribution in [0.15, 0.2) is 36.4 Å². The summed E-state index contributed by atoms with van der Waals surface area (Å²) >= 11 is 4.74. The summed E-state index contributed by atoms with van der Waals surface area (Å²) in [7, 11) is 0. The Morgan fingerprint density at radius 1 is 1.33 bits per heavy atom. The summed E-state index contributed by atoms with van der Waals surface area (Å²) in [5, 5.41) is 0. The maximum absolute atomic E-state index is 5.34. The van der Waals surface area contributed by atoms with Crippen molar-refractivity contribution in [3.63, 3.8) is 0 Å². The topological polar surface area (TPSA) is 26.0 Å². The van der Waals surface area contributed by atoms with Crippen LogP contribution in [-0.4, -0.2) is 4.99 Å². The Morgan fingerprint density at radius 2 is 2.00 bits per heavy atom. The van der Waals surface area contributed by atoms with Gasteiger partial charge in [-0.25, -0.2) is 0 Å². The van der Waals surface area contributed by atoms with Crippen LogP contribution in [0.3, 0.4) is 0 Å². The van der Waals surface area contributed by atoms with Gasteiger partial charge in [-0.05, 0) is 5.56 Å². The van der Waals surface area contributed by atoms with Crippen LogP contribution in [0.25, 0.3) is 6.08 Å². The summed E-state index contributed by atoms with van der Waals surface area (Å²) in [6.07, 6.45) is 4.65. The summed E-state index contributed by atoms with van der Waals surface area (Å²) in [6.45, 7) is 0. The van der Waals surface area contributed by atoms with Crippen molar-refractivity contribution in [2.45, 2.75) is 6.42 Å². The molecule has 0 fully saturated rings. The minimum atomic E-state index is 0.530. The number of benzene rings is 1. The molecule has 0 radical (unpaired) electrons. The minimum Gasteiger partial charge on any atom is -0.393 e. The fourth-order valence-corrected chi connectivity index (χ4v) is 0.972. The fourth-order valence-electron chi connectivity index (χ4n) is 0.875. The second-order valence-electron chi connectivity index (χ2n) is 2.48. The number of rotatable bonds is 3. The zero-order chi connectivity index (χ0) is 8.81. The Morgan fingerprint density at radius 3 is 2.58 bits per heavy atom. The van der Waals surface area contributed by atoms with Crippen LogP contribution in [0.4, 0.5) is 0 Å². The third kappa shape index (κ3) is 3.30. The zero-order valence-corrected chi connectivity index (χ0v) is 7.55. The van der Waals surface area contributed by atoms with Crippen LogP contribution < -0.4 is 5.73 Å². The van der Waals surface area contributed by atoms with E-state index in [4.69, 9.17) is 18.0 Å². The lowest BCUT2D eigenvalue weighted by atomic mass is 10.2. The highest BCUT2D eigenvalue weighted by molar-refractivity contribution is 7.80. The summed E-state index contributed by atoms with van der Waals surface area (Å²) in [5.74, 6) is 0. The van der Waals surface area contributed by atoms with Gasteiger partial charge in [-0.1, -0.05) is 54.7 Å². The minimum absolute atomic E-state index is 0.530. The first-order valence-corrected chi connectivity index (χ1v) is 4.20. The van der Waals surface area contributed by atoms with Gasteiger partial charge in [0.05, 0.1) is 4.99 Å². The molecule has 2 N–H and O–H groups in total. The van der Waals surface area contributed by atoms with E-state index in [2.05, 4.69) is 0 Å². The van der Waals surface area contributed by atoms with Gasteiger partial charge >= 0.3 is 0 Å². The standard InChI is InChI=1S/C10H11NS/c11-10(12)8-4-7-9-5-2-1-3-6-9/h1-7H,8H2,(H2,11,12)/b7-4+. The second-order valence-corrected chi connectivity index (χ2v) is 3.01. The van der Waals surface area contributed by atoms with Gasteiger partial charge < -0.3 is 5.73 Å². The maximum atomic E-state index is 5.34. The smallest absolute Gasteiger partial charge is 0.0765 e. The van der Waals surface area contributed by atoms with Crippen molar-refractivity contribution in [1.82, 2.24) is 0 Å². The largest absolute Gasteiger partial charge is 0.393 e. The normalized spacial score (nSPS) is 10.3. The number of nitrogens with two attached hydrogens (primary N) is 1. The van der Waals surface area contributed by atoms with Gasteiger partial charge in [0.25, 0.3) is 0 Å². The van der Waals surface area contributed by atoms with Crippen LogP contribution in [0, 0.1) is 0 Å². The first-order valence-electron chi connectivity index (χ1n) is 3.79. The molecule has 1 aromatic rings. The third-order valence-corrected chi connectivity index (χ3v) is 1.60. The zero-order valence-electron chi connectivity index (χ0n) is 6.73. The molecule has 0 aliphatic carbocycles. The number of hydrogen-bond donors (Lipinski definition) is 1. The highest BCUT2D eigenvalue weighted by Gasteiger charge is 1.83. The van der Waals surface area contributed by atoms with E-state index in [0.717, 1.165) is 0 Å². The molecule has 0 bridgehead atoms. The lowest BCUT2D eigenvalue weighted by Gasteiger charge is -1.90. The van der Waals surface area contributed by atoms with Crippen LogP contribution in [0.1, 0.15) is 12.0 Å². The Balaban J connectivity index is 2.52. The maximum Gasteiger partial charge on any atom is 0.0765 e. The third-order valence-electron chi connectivity index (χ3n) is 1.43. The molecule has 0 saturated carbocycles. The molecule has 2 heteroatoms. The van der Waals surface area contributed by atoms with Crippen molar-refractivity contribution in [2.75, 3.05) is 0 Å². The summed E-state index contributed by atoms with van der Waals surface area (Å²) < 4.78 is 0. The van der Waals surface area contributed by atoms with E-state index in [1.54, 1.807) is 0 Å². The number of hydrogen-bond acceptors (Lipinski definition) is 1. The molecule has 0 aromatic heterocycles. The van der Waals surface area contributed by atoms with Gasteiger partial charge in [-0.2, -0.15) is 0 Å². The van der Waals surface area contributed by atoms with E-state index in [0.29, 0.717) is 11.4 Å². The molecule has 0 heterocycles. The Labute approximate surface area is 77.9 Å². The van der Waals surface area contributed by atoms with Gasteiger partial charge in [0.2, 0.25) is 0 Å². The lowest BCUT2D eigenvalue weighted by Crippen LogP contribution is -2.04. The van der Waals surface area contributed by atoms with Crippen molar-refractivity contribution in [1.29, 1.82) is 0 Å². The fraction of sp³-hybridized carbons (Fsp3) is 0.100. The highest BCUT2D eigenvalue weighted by atomic mass is 32.1. The van der Waals surface area contributed by atoms with E-state index >= 15 is 0 Å². The molecule has 0 amide bonds. The molecule has 0 spiro atoms. The average molecular weight is 177 g/mol. The first-order chi connectivity index (χ1) is 5.79. The molecule has 1 nitrogen and oxygen atoms in total. The molecule has 1 aromatic carbocycles. The lowest BCUT2D eigenvalue weighted by molar-refractivity contribution is 1.48. The van der Waals surface area contributed by atoms with Crippen molar-refractivity contribution >= 4 is 23.3 Å². The Hall–Kier alpha value is -1.15. The molecule has 12 heavy (non-hydrogen) atoms. The van der Waals surface area contributed by atoms with Crippen LogP contribution >= 0.6 is 12.2 Å². The molecule has 0 aliphatic heterocycles. The van der Waals surface area contributed by atoms with Crippen molar-refractivity contribution in [3.05, 3.63) is 42.0 Å². The van der Waals surface area contributed by atoms with E-state index in [9.17, 15) is 0 Å². The molecular weight excluding hydrogens is 166 g/mol. The molecular formula is C10H11NS. The van der Waals surface area contributed by atoms with Crippen molar-refractivity contribution < 1.29 is 0 Å². The van der Waals surface area contributed by atoms with E-state index < -0.39 is 0 Å². The molecule has 0 atom stereocenters. The highest BCUT2D eigenvalue weighted by Crippen LogP contribution is 2.01. The predicted octanol–water partition coefficient (Wildman–Crippen LogP) is 2.38. The predicted molar refractivity (Wildman–Crippen MR) is 56.9 cm³/mol. The van der Waals surface area contributed by atoms with Crippen LogP contribution in [-0.2, 0) is 0 Å². The van der Waals surface area contributed by atoms with Crippen molar-refractivity contribution in [2.24, 2.45) is 5.73 Å². The molecule has 62 valence electrons. The quantitative estimate of drug-likeness (QED) is 0.717. The van der Waals surface area contributed by atoms with Gasteiger partial charge in [-0.15, -0.1) is 0 Å². The Bertz CT molecular complexity index is 277. The molecule has 0 aliphatic rings. The SMILES string of the molecule is NC(=S)C/C=C/c1ccccc1.